The zero-order valence-electron chi connectivity index (χ0n) is 12.6. The Kier molecular flexibility index (Phi) is 3.37. The minimum absolute atomic E-state index is 0.293. The second kappa shape index (κ2) is 4.58. The molecule has 1 unspecified atom stereocenters. The van der Waals surface area contributed by atoms with Gasteiger partial charge in [-0.15, -0.1) is 0 Å². The minimum atomic E-state index is -0.293. The van der Waals surface area contributed by atoms with Gasteiger partial charge in [0.15, 0.2) is 0 Å². The number of aromatic nitrogens is 1. The van der Waals surface area contributed by atoms with E-state index < -0.39 is 0 Å². The largest absolute Gasteiger partial charge is 0.470 e. The van der Waals surface area contributed by atoms with Crippen molar-refractivity contribution in [1.82, 2.24) is 4.98 Å². The summed E-state index contributed by atoms with van der Waals surface area (Å²) >= 11 is 0. The fourth-order valence-corrected chi connectivity index (χ4v) is 2.07. The van der Waals surface area contributed by atoms with Gasteiger partial charge in [0.05, 0.1) is 5.69 Å². The molecule has 0 amide bonds. The van der Waals surface area contributed by atoms with Crippen molar-refractivity contribution < 1.29 is 4.74 Å². The molecule has 1 aromatic rings. The number of nitrogens with one attached hydrogen (secondary N) is 1. The van der Waals surface area contributed by atoms with Gasteiger partial charge >= 0.3 is 0 Å². The highest BCUT2D eigenvalue weighted by Gasteiger charge is 2.44. The zero-order valence-corrected chi connectivity index (χ0v) is 12.6. The molecule has 4 heteroatoms. The highest BCUT2D eigenvalue weighted by atomic mass is 16.5. The molecule has 0 aliphatic heterocycles. The molecule has 1 atom stereocenters. The smallest absolute Gasteiger partial charge is 0.239 e. The third-order valence-electron chi connectivity index (χ3n) is 3.54. The standard InChI is InChI=1S/C15H25N3O/c1-14(2,3)19-13-11(16)6-7-12(18-13)17-9-10-8-15(10,4)5/h6-7,10H,8-9,16H2,1-5H3,(H,17,18). The van der Waals surface area contributed by atoms with Gasteiger partial charge in [0.1, 0.15) is 11.4 Å². The lowest BCUT2D eigenvalue weighted by molar-refractivity contribution is 0.125. The summed E-state index contributed by atoms with van der Waals surface area (Å²) in [5, 5.41) is 3.37. The van der Waals surface area contributed by atoms with E-state index in [2.05, 4.69) is 24.1 Å². The van der Waals surface area contributed by atoms with Crippen LogP contribution in [-0.2, 0) is 0 Å². The van der Waals surface area contributed by atoms with Gasteiger partial charge < -0.3 is 15.8 Å². The van der Waals surface area contributed by atoms with E-state index in [0.717, 1.165) is 18.3 Å². The molecule has 1 fully saturated rings. The maximum atomic E-state index is 5.89. The van der Waals surface area contributed by atoms with Crippen LogP contribution in [0.5, 0.6) is 5.88 Å². The molecule has 0 aromatic carbocycles. The molecule has 1 heterocycles. The molecule has 4 nitrogen and oxygen atoms in total. The lowest BCUT2D eigenvalue weighted by Gasteiger charge is -2.21. The van der Waals surface area contributed by atoms with E-state index >= 15 is 0 Å². The average molecular weight is 263 g/mol. The normalized spacial score (nSPS) is 21.0. The quantitative estimate of drug-likeness (QED) is 0.875. The molecule has 1 aliphatic carbocycles. The van der Waals surface area contributed by atoms with Gasteiger partial charge in [0.2, 0.25) is 5.88 Å². The van der Waals surface area contributed by atoms with Crippen LogP contribution < -0.4 is 15.8 Å². The molecule has 0 radical (unpaired) electrons. The van der Waals surface area contributed by atoms with Crippen LogP contribution in [-0.4, -0.2) is 17.1 Å². The Morgan fingerprint density at radius 3 is 2.58 bits per heavy atom. The number of nitrogen functional groups attached to an aromatic ring is 1. The summed E-state index contributed by atoms with van der Waals surface area (Å²) in [4.78, 5) is 4.45. The number of anilines is 2. The van der Waals surface area contributed by atoms with E-state index in [9.17, 15) is 0 Å². The minimum Gasteiger partial charge on any atom is -0.470 e. The lowest BCUT2D eigenvalue weighted by atomic mass is 10.1. The van der Waals surface area contributed by atoms with Crippen LogP contribution in [0.4, 0.5) is 11.5 Å². The lowest BCUT2D eigenvalue weighted by Crippen LogP contribution is -2.24. The first-order valence-corrected chi connectivity index (χ1v) is 6.87. The Balaban J connectivity index is 2.00. The third-order valence-corrected chi connectivity index (χ3v) is 3.54. The van der Waals surface area contributed by atoms with Crippen molar-refractivity contribution in [2.24, 2.45) is 11.3 Å². The zero-order chi connectivity index (χ0) is 14.3. The third kappa shape index (κ3) is 3.75. The molecule has 2 rings (SSSR count). The molecule has 1 aliphatic rings. The summed E-state index contributed by atoms with van der Waals surface area (Å²) in [6.07, 6.45) is 1.28. The summed E-state index contributed by atoms with van der Waals surface area (Å²) in [5.74, 6) is 2.07. The molecule has 106 valence electrons. The number of pyridine rings is 1. The number of nitrogens with zero attached hydrogens (tertiary/aromatic N) is 1. The summed E-state index contributed by atoms with van der Waals surface area (Å²) in [6, 6.07) is 3.74. The fraction of sp³-hybridized carbons (Fsp3) is 0.667. The first-order valence-electron chi connectivity index (χ1n) is 6.87. The topological polar surface area (TPSA) is 60.2 Å². The summed E-state index contributed by atoms with van der Waals surface area (Å²) < 4.78 is 5.76. The Hall–Kier alpha value is -1.45. The van der Waals surface area contributed by atoms with Gasteiger partial charge in [-0.25, -0.2) is 0 Å². The summed E-state index contributed by atoms with van der Waals surface area (Å²) in [5.41, 5.74) is 6.65. The van der Waals surface area contributed by atoms with Crippen LogP contribution in [0.3, 0.4) is 0 Å². The fourth-order valence-electron chi connectivity index (χ4n) is 2.07. The number of ether oxygens (including phenoxy) is 1. The maximum absolute atomic E-state index is 5.89. The summed E-state index contributed by atoms with van der Waals surface area (Å²) in [7, 11) is 0. The number of rotatable bonds is 4. The van der Waals surface area contributed by atoms with Crippen LogP contribution >= 0.6 is 0 Å². The maximum Gasteiger partial charge on any atom is 0.239 e. The monoisotopic (exact) mass is 263 g/mol. The Bertz CT molecular complexity index is 463. The van der Waals surface area contributed by atoms with Gasteiger partial charge in [0.25, 0.3) is 0 Å². The van der Waals surface area contributed by atoms with Crippen molar-refractivity contribution in [3.8, 4) is 5.88 Å². The van der Waals surface area contributed by atoms with E-state index in [0.29, 0.717) is 17.0 Å². The van der Waals surface area contributed by atoms with E-state index in [1.165, 1.54) is 6.42 Å². The summed E-state index contributed by atoms with van der Waals surface area (Å²) in [6.45, 7) is 11.5. The molecule has 0 saturated heterocycles. The van der Waals surface area contributed by atoms with E-state index in [1.807, 2.05) is 32.9 Å². The van der Waals surface area contributed by atoms with E-state index in [1.54, 1.807) is 0 Å². The second-order valence-electron chi connectivity index (χ2n) is 7.08. The Labute approximate surface area is 115 Å². The molecule has 1 saturated carbocycles. The number of nitrogens with two attached hydrogens (primary N) is 1. The van der Waals surface area contributed by atoms with Crippen LogP contribution in [0.15, 0.2) is 12.1 Å². The predicted octanol–water partition coefficient (Wildman–Crippen LogP) is 3.30. The molecule has 19 heavy (non-hydrogen) atoms. The molecule has 0 bridgehead atoms. The molecule has 3 N–H and O–H groups in total. The van der Waals surface area contributed by atoms with Crippen LogP contribution in [0.2, 0.25) is 0 Å². The van der Waals surface area contributed by atoms with Gasteiger partial charge in [0, 0.05) is 6.54 Å². The highest BCUT2D eigenvalue weighted by Crippen LogP contribution is 2.51. The van der Waals surface area contributed by atoms with Crippen molar-refractivity contribution >= 4 is 11.5 Å². The predicted molar refractivity (Wildman–Crippen MR) is 79.4 cm³/mol. The Morgan fingerprint density at radius 1 is 1.42 bits per heavy atom. The first-order chi connectivity index (χ1) is 8.67. The van der Waals surface area contributed by atoms with Crippen molar-refractivity contribution in [2.45, 2.75) is 46.6 Å². The van der Waals surface area contributed by atoms with Crippen molar-refractivity contribution in [1.29, 1.82) is 0 Å². The van der Waals surface area contributed by atoms with Gasteiger partial charge in [-0.1, -0.05) is 13.8 Å². The van der Waals surface area contributed by atoms with Crippen LogP contribution in [0.25, 0.3) is 0 Å². The van der Waals surface area contributed by atoms with E-state index in [4.69, 9.17) is 10.5 Å². The van der Waals surface area contributed by atoms with Crippen LogP contribution in [0, 0.1) is 11.3 Å². The Morgan fingerprint density at radius 2 is 2.05 bits per heavy atom. The van der Waals surface area contributed by atoms with Gasteiger partial charge in [-0.2, -0.15) is 4.98 Å². The van der Waals surface area contributed by atoms with Crippen molar-refractivity contribution in [3.05, 3.63) is 12.1 Å². The van der Waals surface area contributed by atoms with E-state index in [-0.39, 0.29) is 5.60 Å². The molecule has 0 spiro atoms. The highest BCUT2D eigenvalue weighted by molar-refractivity contribution is 5.53. The molecular weight excluding hydrogens is 238 g/mol. The van der Waals surface area contributed by atoms with Crippen molar-refractivity contribution in [3.63, 3.8) is 0 Å². The number of hydrogen-bond acceptors (Lipinski definition) is 4. The SMILES string of the molecule is CC(C)(C)Oc1nc(NCC2CC2(C)C)ccc1N. The van der Waals surface area contributed by atoms with Crippen LogP contribution in [0.1, 0.15) is 41.0 Å². The van der Waals surface area contributed by atoms with Gasteiger partial charge in [-0.3, -0.25) is 0 Å². The van der Waals surface area contributed by atoms with Gasteiger partial charge in [-0.05, 0) is 50.7 Å². The molecular formula is C15H25N3O. The van der Waals surface area contributed by atoms with Crippen molar-refractivity contribution in [2.75, 3.05) is 17.6 Å². The second-order valence-corrected chi connectivity index (χ2v) is 7.08. The first kappa shape index (κ1) is 14.0. The molecule has 1 aromatic heterocycles. The number of hydrogen-bond donors (Lipinski definition) is 2. The average Bonchev–Trinajstić information content (AvgIpc) is 2.86.